The Hall–Kier alpha value is -1.16. The van der Waals surface area contributed by atoms with E-state index in [4.69, 9.17) is 4.74 Å². The Labute approximate surface area is 121 Å². The average molecular weight is 282 g/mol. The van der Waals surface area contributed by atoms with E-state index in [0.29, 0.717) is 32.3 Å². The van der Waals surface area contributed by atoms with Crippen molar-refractivity contribution in [1.29, 1.82) is 0 Å². The first-order valence-corrected chi connectivity index (χ1v) is 7.65. The number of rotatable bonds is 7. The number of aliphatic hydroxyl groups excluding tert-OH is 1. The SMILES string of the molecule is CCOC(=O)CCCC(=O)CC1CCCC/C=C/C1O. The molecule has 1 aliphatic rings. The summed E-state index contributed by atoms with van der Waals surface area (Å²) in [6.07, 6.45) is 9.04. The molecule has 20 heavy (non-hydrogen) atoms. The largest absolute Gasteiger partial charge is 0.466 e. The maximum atomic E-state index is 11.9. The normalized spacial score (nSPS) is 24.5. The van der Waals surface area contributed by atoms with Gasteiger partial charge in [-0.3, -0.25) is 9.59 Å². The highest BCUT2D eigenvalue weighted by Crippen LogP contribution is 2.23. The lowest BCUT2D eigenvalue weighted by atomic mass is 9.87. The van der Waals surface area contributed by atoms with Crippen LogP contribution in [-0.2, 0) is 14.3 Å². The number of carbonyl (C=O) groups is 2. The fourth-order valence-corrected chi connectivity index (χ4v) is 2.51. The molecule has 0 aromatic carbocycles. The van der Waals surface area contributed by atoms with Crippen molar-refractivity contribution in [2.45, 2.75) is 64.4 Å². The van der Waals surface area contributed by atoms with Crippen LogP contribution in [0.1, 0.15) is 58.3 Å². The van der Waals surface area contributed by atoms with Gasteiger partial charge in [0.1, 0.15) is 5.78 Å². The van der Waals surface area contributed by atoms with Gasteiger partial charge in [0, 0.05) is 19.3 Å². The quantitative estimate of drug-likeness (QED) is 0.576. The number of ether oxygens (including phenoxy) is 1. The summed E-state index contributed by atoms with van der Waals surface area (Å²) < 4.78 is 4.82. The first-order valence-electron chi connectivity index (χ1n) is 7.65. The van der Waals surface area contributed by atoms with Gasteiger partial charge in [0.05, 0.1) is 12.7 Å². The minimum Gasteiger partial charge on any atom is -0.466 e. The lowest BCUT2D eigenvalue weighted by Crippen LogP contribution is -2.22. The molecule has 0 saturated carbocycles. The van der Waals surface area contributed by atoms with Gasteiger partial charge < -0.3 is 9.84 Å². The maximum Gasteiger partial charge on any atom is 0.305 e. The van der Waals surface area contributed by atoms with Gasteiger partial charge in [-0.25, -0.2) is 0 Å². The third kappa shape index (κ3) is 6.85. The van der Waals surface area contributed by atoms with E-state index >= 15 is 0 Å². The Bertz CT molecular complexity index is 335. The number of Topliss-reactive ketones (excluding diaryl/α,β-unsaturated/α-hetero) is 1. The monoisotopic (exact) mass is 282 g/mol. The summed E-state index contributed by atoms with van der Waals surface area (Å²) in [5, 5.41) is 9.99. The zero-order valence-corrected chi connectivity index (χ0v) is 12.3. The number of ketones is 1. The van der Waals surface area contributed by atoms with Crippen LogP contribution in [0.25, 0.3) is 0 Å². The molecule has 0 amide bonds. The van der Waals surface area contributed by atoms with Crippen LogP contribution in [0, 0.1) is 5.92 Å². The van der Waals surface area contributed by atoms with Gasteiger partial charge in [-0.05, 0) is 38.5 Å². The van der Waals surface area contributed by atoms with Crippen LogP contribution in [0.4, 0.5) is 0 Å². The molecule has 0 aromatic rings. The summed E-state index contributed by atoms with van der Waals surface area (Å²) >= 11 is 0. The summed E-state index contributed by atoms with van der Waals surface area (Å²) in [5.74, 6) is -0.0804. The molecule has 0 spiro atoms. The molecular weight excluding hydrogens is 256 g/mol. The molecule has 1 aliphatic carbocycles. The topological polar surface area (TPSA) is 63.6 Å². The first kappa shape index (κ1) is 16.9. The van der Waals surface area contributed by atoms with E-state index in [2.05, 4.69) is 0 Å². The molecule has 1 N–H and O–H groups in total. The molecule has 0 bridgehead atoms. The molecule has 0 saturated heterocycles. The molecule has 2 unspecified atom stereocenters. The molecule has 0 aliphatic heterocycles. The van der Waals surface area contributed by atoms with Crippen LogP contribution in [0.5, 0.6) is 0 Å². The summed E-state index contributed by atoms with van der Waals surface area (Å²) in [5.41, 5.74) is 0. The zero-order valence-electron chi connectivity index (χ0n) is 12.3. The number of hydrogen-bond acceptors (Lipinski definition) is 4. The molecule has 1 rings (SSSR count). The standard InChI is InChI=1S/C16H26O4/c1-2-20-16(19)11-7-9-14(17)12-13-8-5-3-4-6-10-15(13)18/h6,10,13,15,18H,2-5,7-9,11-12H2,1H3/b10-6+. The number of carbonyl (C=O) groups excluding carboxylic acids is 2. The van der Waals surface area contributed by atoms with Gasteiger partial charge in [0.2, 0.25) is 0 Å². The molecule has 0 radical (unpaired) electrons. The van der Waals surface area contributed by atoms with Crippen molar-refractivity contribution in [2.24, 2.45) is 5.92 Å². The fraction of sp³-hybridized carbons (Fsp3) is 0.750. The molecule has 4 nitrogen and oxygen atoms in total. The van der Waals surface area contributed by atoms with Gasteiger partial charge in [-0.2, -0.15) is 0 Å². The van der Waals surface area contributed by atoms with Crippen LogP contribution in [-0.4, -0.2) is 29.6 Å². The van der Waals surface area contributed by atoms with Crippen LogP contribution in [0.3, 0.4) is 0 Å². The third-order valence-corrected chi connectivity index (χ3v) is 3.64. The summed E-state index contributed by atoms with van der Waals surface area (Å²) in [6, 6.07) is 0. The molecule has 114 valence electrons. The van der Waals surface area contributed by atoms with Crippen molar-refractivity contribution in [1.82, 2.24) is 0 Å². The summed E-state index contributed by atoms with van der Waals surface area (Å²) in [7, 11) is 0. The zero-order chi connectivity index (χ0) is 14.8. The van der Waals surface area contributed by atoms with E-state index in [9.17, 15) is 14.7 Å². The molecule has 0 heterocycles. The molecule has 4 heteroatoms. The first-order chi connectivity index (χ1) is 9.63. The van der Waals surface area contributed by atoms with E-state index < -0.39 is 6.10 Å². The van der Waals surface area contributed by atoms with Crippen molar-refractivity contribution < 1.29 is 19.4 Å². The van der Waals surface area contributed by atoms with E-state index in [-0.39, 0.29) is 17.7 Å². The van der Waals surface area contributed by atoms with Crippen LogP contribution >= 0.6 is 0 Å². The van der Waals surface area contributed by atoms with Crippen LogP contribution in [0.15, 0.2) is 12.2 Å². The summed E-state index contributed by atoms with van der Waals surface area (Å²) in [4.78, 5) is 23.1. The predicted octanol–water partition coefficient (Wildman–Crippen LogP) is 2.79. The van der Waals surface area contributed by atoms with Crippen molar-refractivity contribution >= 4 is 11.8 Å². The second kappa shape index (κ2) is 9.70. The Balaban J connectivity index is 2.27. The number of esters is 1. The second-order valence-corrected chi connectivity index (χ2v) is 5.36. The summed E-state index contributed by atoms with van der Waals surface area (Å²) in [6.45, 7) is 2.15. The fourth-order valence-electron chi connectivity index (χ4n) is 2.51. The van der Waals surface area contributed by atoms with Gasteiger partial charge >= 0.3 is 5.97 Å². The minimum absolute atomic E-state index is 0.0293. The molecular formula is C16H26O4. The molecule has 0 aromatic heterocycles. The van der Waals surface area contributed by atoms with Crippen molar-refractivity contribution in [3.05, 3.63) is 12.2 Å². The highest BCUT2D eigenvalue weighted by molar-refractivity contribution is 5.79. The van der Waals surface area contributed by atoms with Gasteiger partial charge in [-0.15, -0.1) is 0 Å². The van der Waals surface area contributed by atoms with Crippen LogP contribution < -0.4 is 0 Å². The van der Waals surface area contributed by atoms with Crippen molar-refractivity contribution in [3.63, 3.8) is 0 Å². The molecule has 2 atom stereocenters. The number of aliphatic hydroxyl groups is 1. The van der Waals surface area contributed by atoms with E-state index in [0.717, 1.165) is 25.7 Å². The maximum absolute atomic E-state index is 11.9. The predicted molar refractivity (Wildman–Crippen MR) is 77.2 cm³/mol. The number of hydrogen-bond donors (Lipinski definition) is 1. The Morgan fingerprint density at radius 3 is 2.85 bits per heavy atom. The van der Waals surface area contributed by atoms with E-state index in [1.807, 2.05) is 12.2 Å². The Kier molecular flexibility index (Phi) is 8.19. The lowest BCUT2D eigenvalue weighted by Gasteiger charge is -2.21. The van der Waals surface area contributed by atoms with Crippen molar-refractivity contribution in [3.8, 4) is 0 Å². The van der Waals surface area contributed by atoms with E-state index in [1.54, 1.807) is 6.92 Å². The average Bonchev–Trinajstić information content (AvgIpc) is 2.39. The smallest absolute Gasteiger partial charge is 0.305 e. The van der Waals surface area contributed by atoms with Gasteiger partial charge in [-0.1, -0.05) is 18.6 Å². The Morgan fingerprint density at radius 2 is 2.10 bits per heavy atom. The van der Waals surface area contributed by atoms with Gasteiger partial charge in [0.25, 0.3) is 0 Å². The van der Waals surface area contributed by atoms with E-state index in [1.165, 1.54) is 0 Å². The highest BCUT2D eigenvalue weighted by Gasteiger charge is 2.21. The minimum atomic E-state index is -0.510. The highest BCUT2D eigenvalue weighted by atomic mass is 16.5. The van der Waals surface area contributed by atoms with Crippen molar-refractivity contribution in [2.75, 3.05) is 6.61 Å². The van der Waals surface area contributed by atoms with Gasteiger partial charge in [0.15, 0.2) is 0 Å². The Morgan fingerprint density at radius 1 is 1.30 bits per heavy atom. The lowest BCUT2D eigenvalue weighted by molar-refractivity contribution is -0.143. The van der Waals surface area contributed by atoms with Crippen LogP contribution in [0.2, 0.25) is 0 Å². The second-order valence-electron chi connectivity index (χ2n) is 5.36. The molecule has 0 fully saturated rings. The number of allylic oxidation sites excluding steroid dienone is 1. The third-order valence-electron chi connectivity index (χ3n) is 3.64.